The van der Waals surface area contributed by atoms with Crippen molar-refractivity contribution in [3.8, 4) is 51.4 Å². The van der Waals surface area contributed by atoms with Crippen molar-refractivity contribution in [1.29, 1.82) is 0 Å². The molecule has 0 atom stereocenters. The Hall–Kier alpha value is -5.35. The third-order valence-electron chi connectivity index (χ3n) is 8.82. The summed E-state index contributed by atoms with van der Waals surface area (Å²) >= 11 is 0. The molecule has 6 heteroatoms. The van der Waals surface area contributed by atoms with Gasteiger partial charge in [0.25, 0.3) is 13.4 Å². The lowest BCUT2D eigenvalue weighted by Gasteiger charge is -2.35. The van der Waals surface area contributed by atoms with Gasteiger partial charge in [0.1, 0.15) is 46.0 Å². The van der Waals surface area contributed by atoms with Gasteiger partial charge in [-0.1, -0.05) is 85.5 Å². The summed E-state index contributed by atoms with van der Waals surface area (Å²) in [4.78, 5) is 0. The van der Waals surface area contributed by atoms with Crippen LogP contribution in [0.4, 0.5) is 0 Å². The molecular weight excluding hydrogens is 530 g/mol. The molecule has 4 aliphatic rings. The van der Waals surface area contributed by atoms with Crippen LogP contribution in [0.15, 0.2) is 133 Å². The summed E-state index contributed by atoms with van der Waals surface area (Å²) in [6.45, 7) is 6.30. The SMILES string of the molecule is C=C1Oc2cc(-c3cccc4c3Oc3cccc5c3B4c3ccccc3O5)cc3c2B(/C1=C/C=C\C)c1ccccc1O3. The molecule has 0 spiro atoms. The molecule has 5 aromatic carbocycles. The Morgan fingerprint density at radius 1 is 0.581 bits per heavy atom. The molecule has 5 aromatic rings. The third-order valence-corrected chi connectivity index (χ3v) is 8.82. The van der Waals surface area contributed by atoms with Gasteiger partial charge in [0, 0.05) is 16.5 Å². The van der Waals surface area contributed by atoms with E-state index in [0.29, 0.717) is 5.76 Å². The maximum atomic E-state index is 6.72. The molecule has 0 unspecified atom stereocenters. The van der Waals surface area contributed by atoms with E-state index in [9.17, 15) is 0 Å². The summed E-state index contributed by atoms with van der Waals surface area (Å²) in [5.41, 5.74) is 8.38. The maximum Gasteiger partial charge on any atom is 0.260 e. The van der Waals surface area contributed by atoms with Gasteiger partial charge in [-0.25, -0.2) is 0 Å². The molecule has 0 aliphatic carbocycles. The van der Waals surface area contributed by atoms with E-state index in [4.69, 9.17) is 18.9 Å². The fourth-order valence-corrected chi connectivity index (χ4v) is 6.99. The first kappa shape index (κ1) is 24.3. The number of benzene rings is 5. The van der Waals surface area contributed by atoms with E-state index in [2.05, 4.69) is 67.3 Å². The zero-order valence-electron chi connectivity index (χ0n) is 23.5. The Balaban J connectivity index is 1.25. The second kappa shape index (κ2) is 9.07. The van der Waals surface area contributed by atoms with Crippen LogP contribution in [0.5, 0.6) is 40.2 Å². The first-order valence-corrected chi connectivity index (χ1v) is 14.5. The summed E-state index contributed by atoms with van der Waals surface area (Å²) in [6, 6.07) is 33.1. The van der Waals surface area contributed by atoms with Crippen LogP contribution in [0.2, 0.25) is 0 Å². The van der Waals surface area contributed by atoms with Crippen LogP contribution >= 0.6 is 0 Å². The van der Waals surface area contributed by atoms with E-state index in [1.54, 1.807) is 0 Å². The van der Waals surface area contributed by atoms with Crippen LogP contribution in [-0.2, 0) is 0 Å². The fraction of sp³-hybridized carbons (Fsp3) is 0.0270. The first-order chi connectivity index (χ1) is 21.2. The molecule has 0 radical (unpaired) electrons. The molecule has 0 fully saturated rings. The van der Waals surface area contributed by atoms with Gasteiger partial charge in [0.2, 0.25) is 0 Å². The Morgan fingerprint density at radius 3 is 1.93 bits per heavy atom. The van der Waals surface area contributed by atoms with Crippen LogP contribution in [0, 0.1) is 0 Å². The predicted molar refractivity (Wildman–Crippen MR) is 174 cm³/mol. The molecule has 43 heavy (non-hydrogen) atoms. The molecule has 0 saturated heterocycles. The van der Waals surface area contributed by atoms with Crippen LogP contribution in [0.25, 0.3) is 11.1 Å². The highest BCUT2D eigenvalue weighted by atomic mass is 16.5. The summed E-state index contributed by atoms with van der Waals surface area (Å²) in [7, 11) is 0. The summed E-state index contributed by atoms with van der Waals surface area (Å²) in [5, 5.41) is 0. The quantitative estimate of drug-likeness (QED) is 0.256. The summed E-state index contributed by atoms with van der Waals surface area (Å²) in [5.74, 6) is 6.37. The number of para-hydroxylation sites is 3. The van der Waals surface area contributed by atoms with E-state index in [1.165, 1.54) is 0 Å². The van der Waals surface area contributed by atoms with Gasteiger partial charge in [0.05, 0.1) is 0 Å². The highest BCUT2D eigenvalue weighted by Crippen LogP contribution is 2.43. The lowest BCUT2D eigenvalue weighted by Crippen LogP contribution is -2.57. The molecule has 0 amide bonds. The molecule has 4 aliphatic heterocycles. The monoisotopic (exact) mass is 554 g/mol. The summed E-state index contributed by atoms with van der Waals surface area (Å²) in [6.07, 6.45) is 6.14. The number of fused-ring (bicyclic) bond motifs is 6. The molecule has 9 rings (SSSR count). The van der Waals surface area contributed by atoms with Crippen LogP contribution < -0.4 is 46.3 Å². The second-order valence-corrected chi connectivity index (χ2v) is 11.2. The number of allylic oxidation sites excluding steroid dienone is 4. The van der Waals surface area contributed by atoms with Crippen molar-refractivity contribution in [3.05, 3.63) is 133 Å². The molecule has 202 valence electrons. The second-order valence-electron chi connectivity index (χ2n) is 11.2. The van der Waals surface area contributed by atoms with Crippen LogP contribution in [-0.4, -0.2) is 13.4 Å². The molecule has 0 bridgehead atoms. The molecule has 4 nitrogen and oxygen atoms in total. The van der Waals surface area contributed by atoms with Crippen LogP contribution in [0.1, 0.15) is 6.92 Å². The molecule has 4 heterocycles. The minimum Gasteiger partial charge on any atom is -0.459 e. The lowest BCUT2D eigenvalue weighted by molar-refractivity contribution is 0.433. The highest BCUT2D eigenvalue weighted by Gasteiger charge is 2.43. The smallest absolute Gasteiger partial charge is 0.260 e. The van der Waals surface area contributed by atoms with Gasteiger partial charge in [-0.3, -0.25) is 0 Å². The highest BCUT2D eigenvalue weighted by molar-refractivity contribution is 6.98. The van der Waals surface area contributed by atoms with Gasteiger partial charge < -0.3 is 18.9 Å². The van der Waals surface area contributed by atoms with E-state index in [0.717, 1.165) is 84.2 Å². The van der Waals surface area contributed by atoms with E-state index >= 15 is 0 Å². The lowest BCUT2D eigenvalue weighted by atomic mass is 9.34. The Labute approximate surface area is 250 Å². The van der Waals surface area contributed by atoms with Gasteiger partial charge in [0.15, 0.2) is 0 Å². The average Bonchev–Trinajstić information content (AvgIpc) is 3.03. The van der Waals surface area contributed by atoms with Gasteiger partial charge in [-0.2, -0.15) is 0 Å². The fourth-order valence-electron chi connectivity index (χ4n) is 6.99. The third kappa shape index (κ3) is 3.47. The van der Waals surface area contributed by atoms with Crippen molar-refractivity contribution >= 4 is 40.7 Å². The van der Waals surface area contributed by atoms with Crippen molar-refractivity contribution in [3.63, 3.8) is 0 Å². The van der Waals surface area contributed by atoms with Gasteiger partial charge in [-0.05, 0) is 70.7 Å². The van der Waals surface area contributed by atoms with E-state index in [-0.39, 0.29) is 13.4 Å². The number of ether oxygens (including phenoxy) is 4. The van der Waals surface area contributed by atoms with E-state index in [1.807, 2.05) is 61.5 Å². The minimum absolute atomic E-state index is 0.00122. The molecule has 0 saturated carbocycles. The van der Waals surface area contributed by atoms with Gasteiger partial charge >= 0.3 is 0 Å². The standard InChI is InChI=1S/C37H24B2O4/c1-3-4-12-25-22(2)40-33-20-23(21-34-36(33)38(25)26-13-5-8-17-30(26)42-34)24-11-9-15-28-37(24)43-32-19-10-18-31-35(32)39(28)27-14-6-7-16-29(27)41-31/h3-21H,2H2,1H3/b4-3-,25-12+. The largest absolute Gasteiger partial charge is 0.459 e. The van der Waals surface area contributed by atoms with Crippen molar-refractivity contribution in [2.45, 2.75) is 6.92 Å². The minimum atomic E-state index is -0.0357. The van der Waals surface area contributed by atoms with Crippen molar-refractivity contribution in [2.24, 2.45) is 0 Å². The van der Waals surface area contributed by atoms with Gasteiger partial charge in [-0.15, -0.1) is 0 Å². The number of hydrogen-bond acceptors (Lipinski definition) is 4. The first-order valence-electron chi connectivity index (χ1n) is 14.5. The molecular formula is C37H24B2O4. The van der Waals surface area contributed by atoms with Crippen molar-refractivity contribution in [1.82, 2.24) is 0 Å². The molecule has 0 N–H and O–H groups in total. The number of rotatable bonds is 2. The number of hydrogen-bond donors (Lipinski definition) is 0. The normalized spacial score (nSPS) is 15.7. The Bertz CT molecular complexity index is 2090. The Kier molecular flexibility index (Phi) is 5.12. The zero-order valence-corrected chi connectivity index (χ0v) is 23.5. The van der Waals surface area contributed by atoms with E-state index < -0.39 is 0 Å². The van der Waals surface area contributed by atoms with Crippen molar-refractivity contribution < 1.29 is 18.9 Å². The van der Waals surface area contributed by atoms with Crippen molar-refractivity contribution in [2.75, 3.05) is 0 Å². The molecule has 0 aromatic heterocycles. The summed E-state index contributed by atoms with van der Waals surface area (Å²) < 4.78 is 26.0. The Morgan fingerprint density at radius 2 is 1.16 bits per heavy atom. The maximum absolute atomic E-state index is 6.72. The van der Waals surface area contributed by atoms with Crippen LogP contribution in [0.3, 0.4) is 0 Å². The topological polar surface area (TPSA) is 36.9 Å². The zero-order chi connectivity index (χ0) is 28.7. The average molecular weight is 554 g/mol. The predicted octanol–water partition coefficient (Wildman–Crippen LogP) is 5.74.